The van der Waals surface area contributed by atoms with E-state index in [4.69, 9.17) is 23.2 Å². The Morgan fingerprint density at radius 3 is 2.29 bits per heavy atom. The molecule has 0 spiro atoms. The second-order valence-corrected chi connectivity index (χ2v) is 5.72. The first-order chi connectivity index (χ1) is 8.11. The molecule has 0 aliphatic heterocycles. The summed E-state index contributed by atoms with van der Waals surface area (Å²) in [6, 6.07) is 0. The Bertz CT molecular complexity index is 383. The monoisotopic (exact) mass is 272 g/mol. The highest BCUT2D eigenvalue weighted by atomic mass is 35.5. The first-order valence-corrected chi connectivity index (χ1v) is 7.09. The second-order valence-electron chi connectivity index (χ2n) is 5.01. The molecule has 1 aromatic rings. The Morgan fingerprint density at radius 2 is 1.82 bits per heavy atom. The molecule has 1 aliphatic carbocycles. The van der Waals surface area contributed by atoms with Crippen LogP contribution in [0.5, 0.6) is 0 Å². The first kappa shape index (κ1) is 13.1. The van der Waals surface area contributed by atoms with Gasteiger partial charge in [-0.15, -0.1) is 0 Å². The van der Waals surface area contributed by atoms with Gasteiger partial charge in [0.2, 0.25) is 0 Å². The van der Waals surface area contributed by atoms with Crippen molar-refractivity contribution in [2.75, 3.05) is 0 Å². The fourth-order valence-corrected chi connectivity index (χ4v) is 3.12. The van der Waals surface area contributed by atoms with E-state index >= 15 is 0 Å². The third-order valence-electron chi connectivity index (χ3n) is 3.48. The van der Waals surface area contributed by atoms with E-state index < -0.39 is 0 Å². The molecule has 1 heterocycles. The van der Waals surface area contributed by atoms with Crippen molar-refractivity contribution in [3.05, 3.63) is 21.7 Å². The van der Waals surface area contributed by atoms with Crippen molar-refractivity contribution >= 4 is 23.2 Å². The minimum absolute atomic E-state index is 0.440. The predicted molar refractivity (Wildman–Crippen MR) is 71.8 cm³/mol. The molecule has 1 fully saturated rings. The Morgan fingerprint density at radius 1 is 1.18 bits per heavy atom. The molecular weight excluding hydrogens is 255 g/mol. The lowest BCUT2D eigenvalue weighted by Crippen LogP contribution is -2.05. The van der Waals surface area contributed by atoms with Crippen LogP contribution >= 0.6 is 23.2 Å². The smallest absolute Gasteiger partial charge is 0.137 e. The van der Waals surface area contributed by atoms with Gasteiger partial charge in [0.05, 0.1) is 0 Å². The highest BCUT2D eigenvalue weighted by Gasteiger charge is 2.26. The summed E-state index contributed by atoms with van der Waals surface area (Å²) < 4.78 is 0. The van der Waals surface area contributed by atoms with Gasteiger partial charge in [-0.1, -0.05) is 43.5 Å². The van der Waals surface area contributed by atoms with Crippen LogP contribution in [-0.2, 0) is 6.42 Å². The fraction of sp³-hybridized carbons (Fsp3) is 0.692. The average molecular weight is 273 g/mol. The summed E-state index contributed by atoms with van der Waals surface area (Å²) in [6.45, 7) is 4.37. The SMILES string of the molecule is CCCc1c(Cl)nc(C2CCC(C)C2)nc1Cl. The molecule has 4 heteroatoms. The number of aromatic nitrogens is 2. The number of hydrogen-bond donors (Lipinski definition) is 0. The van der Waals surface area contributed by atoms with Gasteiger partial charge < -0.3 is 0 Å². The van der Waals surface area contributed by atoms with Gasteiger partial charge in [0.25, 0.3) is 0 Å². The quantitative estimate of drug-likeness (QED) is 0.750. The van der Waals surface area contributed by atoms with E-state index in [0.717, 1.165) is 43.0 Å². The van der Waals surface area contributed by atoms with Gasteiger partial charge in [-0.2, -0.15) is 0 Å². The van der Waals surface area contributed by atoms with Crippen molar-refractivity contribution in [2.45, 2.75) is 51.9 Å². The van der Waals surface area contributed by atoms with E-state index in [9.17, 15) is 0 Å². The minimum atomic E-state index is 0.440. The molecule has 0 bridgehead atoms. The van der Waals surface area contributed by atoms with Crippen LogP contribution in [0.3, 0.4) is 0 Å². The second kappa shape index (κ2) is 5.53. The Labute approximate surface area is 113 Å². The van der Waals surface area contributed by atoms with Crippen molar-refractivity contribution in [3.63, 3.8) is 0 Å². The topological polar surface area (TPSA) is 25.8 Å². The maximum Gasteiger partial charge on any atom is 0.137 e. The van der Waals surface area contributed by atoms with E-state index in [1.54, 1.807) is 0 Å². The zero-order valence-corrected chi connectivity index (χ0v) is 11.9. The van der Waals surface area contributed by atoms with Crippen LogP contribution in [0.1, 0.15) is 56.8 Å². The Balaban J connectivity index is 2.25. The zero-order valence-electron chi connectivity index (χ0n) is 10.3. The maximum atomic E-state index is 6.19. The molecule has 0 radical (unpaired) electrons. The van der Waals surface area contributed by atoms with E-state index in [-0.39, 0.29) is 0 Å². The molecule has 1 saturated carbocycles. The molecule has 0 saturated heterocycles. The largest absolute Gasteiger partial charge is 0.221 e. The van der Waals surface area contributed by atoms with Crippen molar-refractivity contribution in [3.8, 4) is 0 Å². The highest BCUT2D eigenvalue weighted by Crippen LogP contribution is 2.37. The van der Waals surface area contributed by atoms with E-state index in [1.807, 2.05) is 0 Å². The van der Waals surface area contributed by atoms with E-state index in [2.05, 4.69) is 23.8 Å². The lowest BCUT2D eigenvalue weighted by Gasteiger charge is -2.11. The normalized spacial score (nSPS) is 24.2. The standard InChI is InChI=1S/C13H18Cl2N2/c1-3-4-10-11(14)16-13(17-12(10)15)9-6-5-8(2)7-9/h8-9H,3-7H2,1-2H3. The number of nitrogens with zero attached hydrogens (tertiary/aromatic N) is 2. The molecule has 0 aromatic carbocycles. The predicted octanol–water partition coefficient (Wildman–Crippen LogP) is 4.64. The van der Waals surface area contributed by atoms with Gasteiger partial charge in [0, 0.05) is 11.5 Å². The summed E-state index contributed by atoms with van der Waals surface area (Å²) >= 11 is 12.4. The van der Waals surface area contributed by atoms with Crippen LogP contribution in [-0.4, -0.2) is 9.97 Å². The van der Waals surface area contributed by atoms with Gasteiger partial charge in [0.1, 0.15) is 16.1 Å². The van der Waals surface area contributed by atoms with Crippen molar-refractivity contribution < 1.29 is 0 Å². The van der Waals surface area contributed by atoms with Gasteiger partial charge in [-0.05, 0) is 31.6 Å². The molecule has 2 unspecified atom stereocenters. The molecule has 1 aromatic heterocycles. The molecule has 2 rings (SSSR count). The van der Waals surface area contributed by atoms with E-state index in [0.29, 0.717) is 16.2 Å². The molecule has 2 atom stereocenters. The number of halogens is 2. The summed E-state index contributed by atoms with van der Waals surface area (Å²) in [6.07, 6.45) is 5.41. The van der Waals surface area contributed by atoms with E-state index in [1.165, 1.54) is 6.42 Å². The lowest BCUT2D eigenvalue weighted by atomic mass is 10.1. The molecule has 1 aliphatic rings. The Kier molecular flexibility index (Phi) is 4.26. The van der Waals surface area contributed by atoms with Crippen LogP contribution in [0.4, 0.5) is 0 Å². The summed E-state index contributed by atoms with van der Waals surface area (Å²) in [4.78, 5) is 8.88. The molecular formula is C13H18Cl2N2. The Hall–Kier alpha value is -0.340. The van der Waals surface area contributed by atoms with Crippen LogP contribution in [0, 0.1) is 5.92 Å². The first-order valence-electron chi connectivity index (χ1n) is 6.33. The fourth-order valence-electron chi connectivity index (χ4n) is 2.53. The van der Waals surface area contributed by atoms with Crippen LogP contribution in [0.25, 0.3) is 0 Å². The molecule has 17 heavy (non-hydrogen) atoms. The van der Waals surface area contributed by atoms with Crippen molar-refractivity contribution in [1.29, 1.82) is 0 Å². The van der Waals surface area contributed by atoms with Gasteiger partial charge >= 0.3 is 0 Å². The molecule has 0 N–H and O–H groups in total. The van der Waals surface area contributed by atoms with Crippen molar-refractivity contribution in [2.24, 2.45) is 5.92 Å². The van der Waals surface area contributed by atoms with Crippen molar-refractivity contribution in [1.82, 2.24) is 9.97 Å². The summed E-state index contributed by atoms with van der Waals surface area (Å²) in [5.74, 6) is 2.04. The zero-order chi connectivity index (χ0) is 12.4. The minimum Gasteiger partial charge on any atom is -0.221 e. The number of rotatable bonds is 3. The van der Waals surface area contributed by atoms with Gasteiger partial charge in [-0.3, -0.25) is 0 Å². The highest BCUT2D eigenvalue weighted by molar-refractivity contribution is 6.34. The third-order valence-corrected chi connectivity index (χ3v) is 4.11. The molecule has 2 nitrogen and oxygen atoms in total. The van der Waals surface area contributed by atoms with Crippen LogP contribution < -0.4 is 0 Å². The molecule has 94 valence electrons. The summed E-state index contributed by atoms with van der Waals surface area (Å²) in [5.41, 5.74) is 0.894. The van der Waals surface area contributed by atoms with Gasteiger partial charge in [-0.25, -0.2) is 9.97 Å². The number of hydrogen-bond acceptors (Lipinski definition) is 2. The van der Waals surface area contributed by atoms with Crippen LogP contribution in [0.15, 0.2) is 0 Å². The average Bonchev–Trinajstić information content (AvgIpc) is 2.70. The molecule has 0 amide bonds. The maximum absolute atomic E-state index is 6.19. The summed E-state index contributed by atoms with van der Waals surface area (Å²) in [7, 11) is 0. The lowest BCUT2D eigenvalue weighted by molar-refractivity contribution is 0.584. The summed E-state index contributed by atoms with van der Waals surface area (Å²) in [5, 5.41) is 1.09. The van der Waals surface area contributed by atoms with Gasteiger partial charge in [0.15, 0.2) is 0 Å². The van der Waals surface area contributed by atoms with Crippen LogP contribution in [0.2, 0.25) is 10.3 Å². The third kappa shape index (κ3) is 2.92.